The number of esters is 1. The number of hydrogen-bond acceptors (Lipinski definition) is 9. The smallest absolute Gasteiger partial charge is 0.482 e. The van der Waals surface area contributed by atoms with Crippen LogP contribution in [-0.4, -0.2) is 47.4 Å². The monoisotopic (exact) mass is 487 g/mol. The predicted octanol–water partition coefficient (Wildman–Crippen LogP) is 3.90. The van der Waals surface area contributed by atoms with Crippen molar-refractivity contribution >= 4 is 23.7 Å². The Morgan fingerprint density at radius 3 is 2.79 bits per heavy atom. The maximum atomic E-state index is 13.9. The van der Waals surface area contributed by atoms with Crippen molar-refractivity contribution in [1.82, 2.24) is 15.0 Å². The number of methoxy groups -OCH3 is 1. The summed E-state index contributed by atoms with van der Waals surface area (Å²) >= 11 is 6.27. The van der Waals surface area contributed by atoms with Crippen molar-refractivity contribution in [3.63, 3.8) is 0 Å². The summed E-state index contributed by atoms with van der Waals surface area (Å²) in [4.78, 5) is 37.4. The van der Waals surface area contributed by atoms with Gasteiger partial charge in [-0.1, -0.05) is 17.7 Å². The van der Waals surface area contributed by atoms with E-state index in [9.17, 15) is 14.0 Å². The van der Waals surface area contributed by atoms with Gasteiger partial charge in [-0.3, -0.25) is 4.98 Å². The van der Waals surface area contributed by atoms with Crippen molar-refractivity contribution in [2.75, 3.05) is 20.3 Å². The summed E-state index contributed by atoms with van der Waals surface area (Å²) in [6, 6.07) is 8.42. The molecule has 1 atom stereocenters. The zero-order chi connectivity index (χ0) is 24.1. The number of carbonyl (C=O) groups is 2. The number of rotatable bonds is 6. The van der Waals surface area contributed by atoms with Crippen molar-refractivity contribution in [3.8, 4) is 11.6 Å². The van der Waals surface area contributed by atoms with E-state index in [1.54, 1.807) is 24.3 Å². The lowest BCUT2D eigenvalue weighted by atomic mass is 9.89. The molecule has 0 saturated heterocycles. The number of benzene rings is 2. The average molecular weight is 488 g/mol. The van der Waals surface area contributed by atoms with E-state index < -0.39 is 18.2 Å². The van der Waals surface area contributed by atoms with Crippen molar-refractivity contribution in [2.24, 2.45) is 0 Å². The zero-order valence-corrected chi connectivity index (χ0v) is 18.7. The van der Waals surface area contributed by atoms with Crippen LogP contribution < -0.4 is 9.47 Å². The molecule has 1 aliphatic rings. The summed E-state index contributed by atoms with van der Waals surface area (Å²) < 4.78 is 29.3. The Morgan fingerprint density at radius 1 is 1.18 bits per heavy atom. The van der Waals surface area contributed by atoms with Crippen molar-refractivity contribution < 1.29 is 33.0 Å². The van der Waals surface area contributed by atoms with E-state index in [4.69, 9.17) is 25.9 Å². The Labute approximate surface area is 198 Å². The van der Waals surface area contributed by atoms with Gasteiger partial charge < -0.3 is 19.0 Å². The molecule has 2 heterocycles. The molecule has 1 aromatic heterocycles. The molecule has 0 radical (unpaired) electrons. The summed E-state index contributed by atoms with van der Waals surface area (Å²) in [6.45, 7) is -0.122. The van der Waals surface area contributed by atoms with Crippen molar-refractivity contribution in [3.05, 3.63) is 82.5 Å². The third kappa shape index (κ3) is 5.41. The lowest BCUT2D eigenvalue weighted by molar-refractivity contribution is -0.143. The van der Waals surface area contributed by atoms with E-state index in [1.807, 2.05) is 0 Å². The largest absolute Gasteiger partial charge is 0.534 e. The topological polar surface area (TPSA) is 100 Å². The number of nitrogens with zero attached hydrogens (tertiary/aromatic N) is 3. The van der Waals surface area contributed by atoms with E-state index >= 15 is 0 Å². The number of aromatic nitrogens is 2. The quantitative estimate of drug-likeness (QED) is 0.479. The highest BCUT2D eigenvalue weighted by atomic mass is 35.5. The lowest BCUT2D eigenvalue weighted by Crippen LogP contribution is -2.39. The van der Waals surface area contributed by atoms with E-state index in [2.05, 4.69) is 14.7 Å². The Bertz CT molecular complexity index is 1200. The fraction of sp³-hybridized carbons (Fsp3) is 0.217. The minimum Gasteiger partial charge on any atom is -0.482 e. The molecule has 4 rings (SSSR count). The van der Waals surface area contributed by atoms with Crippen LogP contribution in [0.4, 0.5) is 9.18 Å². The van der Waals surface area contributed by atoms with Crippen LogP contribution in [-0.2, 0) is 20.8 Å². The molecule has 1 aliphatic heterocycles. The van der Waals surface area contributed by atoms with Crippen LogP contribution in [0, 0.1) is 5.82 Å². The minimum atomic E-state index is -1.03. The highest BCUT2D eigenvalue weighted by Crippen LogP contribution is 2.41. The molecular formula is C23H19ClFN3O6. The van der Waals surface area contributed by atoms with E-state index in [-0.39, 0.29) is 24.8 Å². The zero-order valence-electron chi connectivity index (χ0n) is 17.9. The first-order chi connectivity index (χ1) is 16.4. The first-order valence-electron chi connectivity index (χ1n) is 10.1. The van der Waals surface area contributed by atoms with Gasteiger partial charge in [-0.05, 0) is 47.9 Å². The Kier molecular flexibility index (Phi) is 7.19. The Balaban J connectivity index is 1.69. The normalized spacial score (nSPS) is 15.2. The third-order valence-corrected chi connectivity index (χ3v) is 5.28. The molecule has 3 aromatic rings. The van der Waals surface area contributed by atoms with Gasteiger partial charge in [0, 0.05) is 29.5 Å². The van der Waals surface area contributed by atoms with Crippen LogP contribution in [0.2, 0.25) is 5.02 Å². The molecule has 0 amide bonds. The molecular weight excluding hydrogens is 469 g/mol. The van der Waals surface area contributed by atoms with E-state index in [1.165, 1.54) is 42.9 Å². The average Bonchev–Trinajstić information content (AvgIpc) is 2.83. The van der Waals surface area contributed by atoms with Crippen LogP contribution >= 0.6 is 11.6 Å². The van der Waals surface area contributed by atoms with Crippen LogP contribution in [0.5, 0.6) is 11.6 Å². The summed E-state index contributed by atoms with van der Waals surface area (Å²) in [5, 5.41) is 1.77. The number of ether oxygens (including phenoxy) is 3. The van der Waals surface area contributed by atoms with Gasteiger partial charge in [0.25, 0.3) is 0 Å². The summed E-state index contributed by atoms with van der Waals surface area (Å²) in [7, 11) is 1.25. The predicted molar refractivity (Wildman–Crippen MR) is 117 cm³/mol. The molecule has 0 spiro atoms. The van der Waals surface area contributed by atoms with E-state index in [0.29, 0.717) is 28.3 Å². The molecule has 11 heteroatoms. The maximum absolute atomic E-state index is 13.9. The molecule has 0 aliphatic carbocycles. The van der Waals surface area contributed by atoms with Crippen LogP contribution in [0.15, 0.2) is 55.0 Å². The second-order valence-corrected chi connectivity index (χ2v) is 7.61. The fourth-order valence-electron chi connectivity index (χ4n) is 3.59. The van der Waals surface area contributed by atoms with Gasteiger partial charge in [-0.25, -0.2) is 19.0 Å². The van der Waals surface area contributed by atoms with Gasteiger partial charge in [-0.15, -0.1) is 5.06 Å². The summed E-state index contributed by atoms with van der Waals surface area (Å²) in [5.74, 6) is -0.684. The lowest BCUT2D eigenvalue weighted by Gasteiger charge is -2.36. The number of fused-ring (bicyclic) bond motifs is 1. The van der Waals surface area contributed by atoms with Gasteiger partial charge >= 0.3 is 12.1 Å². The molecule has 0 bridgehead atoms. The summed E-state index contributed by atoms with van der Waals surface area (Å²) in [5.41, 5.74) is 1.90. The van der Waals surface area contributed by atoms with Gasteiger partial charge in [-0.2, -0.15) is 0 Å². The maximum Gasteiger partial charge on any atom is 0.534 e. The number of halogens is 2. The molecule has 2 aromatic carbocycles. The molecule has 0 fully saturated rings. The van der Waals surface area contributed by atoms with Gasteiger partial charge in [0.1, 0.15) is 11.6 Å². The second-order valence-electron chi connectivity index (χ2n) is 7.17. The molecule has 0 saturated carbocycles. The fourth-order valence-corrected chi connectivity index (χ4v) is 3.77. The molecule has 0 N–H and O–H groups in total. The third-order valence-electron chi connectivity index (χ3n) is 5.05. The van der Waals surface area contributed by atoms with Crippen molar-refractivity contribution in [2.45, 2.75) is 12.5 Å². The first kappa shape index (κ1) is 23.4. The van der Waals surface area contributed by atoms with Gasteiger partial charge in [0.2, 0.25) is 5.88 Å². The number of hydrogen-bond donors (Lipinski definition) is 0. The Morgan fingerprint density at radius 2 is 2.03 bits per heavy atom. The van der Waals surface area contributed by atoms with Gasteiger partial charge in [0.15, 0.2) is 6.61 Å². The molecule has 176 valence electrons. The van der Waals surface area contributed by atoms with Gasteiger partial charge in [0.05, 0.1) is 19.3 Å². The van der Waals surface area contributed by atoms with E-state index in [0.717, 1.165) is 5.56 Å². The summed E-state index contributed by atoms with van der Waals surface area (Å²) in [6.07, 6.45) is 3.44. The number of carbonyl (C=O) groups excluding carboxylic acids is 2. The van der Waals surface area contributed by atoms with Crippen molar-refractivity contribution in [1.29, 1.82) is 0 Å². The molecule has 34 heavy (non-hydrogen) atoms. The highest BCUT2D eigenvalue weighted by molar-refractivity contribution is 6.30. The highest BCUT2D eigenvalue weighted by Gasteiger charge is 2.35. The first-order valence-corrected chi connectivity index (χ1v) is 10.5. The standard InChI is InChI=1S/C23H19ClFN3O6/c1-31-21(29)13-32-19-5-2-15(24)11-18(19)22-17-4-3-16(25)10-14(17)6-9-28(22)34-23(30)33-20-12-26-7-8-27-20/h2-5,7-8,10-12,22H,6,9,13H2,1H3/t22-/m0/s1. The number of hydroxylamine groups is 2. The van der Waals surface area contributed by atoms with Crippen LogP contribution in [0.3, 0.4) is 0 Å². The van der Waals surface area contributed by atoms with Crippen LogP contribution in [0.1, 0.15) is 22.7 Å². The second kappa shape index (κ2) is 10.4. The SMILES string of the molecule is COC(=O)COc1ccc(Cl)cc1[C@@H]1c2ccc(F)cc2CCN1OC(=O)Oc1cnccn1. The molecule has 0 unspecified atom stereocenters. The molecule has 9 nitrogen and oxygen atoms in total. The van der Waals surface area contributed by atoms with Crippen LogP contribution in [0.25, 0.3) is 0 Å². The minimum absolute atomic E-state index is 0.0339. The Hall–Kier alpha value is -3.76.